The highest BCUT2D eigenvalue weighted by Gasteiger charge is 2.24. The van der Waals surface area contributed by atoms with Crippen molar-refractivity contribution >= 4 is 35.6 Å². The molecule has 1 aromatic rings. The third kappa shape index (κ3) is 6.03. The van der Waals surface area contributed by atoms with Gasteiger partial charge in [0.25, 0.3) is 5.91 Å². The Morgan fingerprint density at radius 3 is 2.67 bits per heavy atom. The highest BCUT2D eigenvalue weighted by Crippen LogP contribution is 2.15. The van der Waals surface area contributed by atoms with Crippen molar-refractivity contribution in [1.29, 1.82) is 0 Å². The Kier molecular flexibility index (Phi) is 8.66. The average molecular weight is 375 g/mol. The zero-order chi connectivity index (χ0) is 16.8. The number of hydrogen-bond acceptors (Lipinski definition) is 5. The summed E-state index contributed by atoms with van der Waals surface area (Å²) in [5.74, 6) is 0.472. The van der Waals surface area contributed by atoms with Gasteiger partial charge in [-0.05, 0) is 25.3 Å². The fraction of sp³-hybridized carbons (Fsp3) is 0.688. The van der Waals surface area contributed by atoms with E-state index in [4.69, 9.17) is 5.73 Å². The lowest BCUT2D eigenvalue weighted by molar-refractivity contribution is -0.133. The normalized spacial score (nSPS) is 15.2. The number of nitrogens with one attached hydrogen (secondary N) is 1. The van der Waals surface area contributed by atoms with E-state index < -0.39 is 0 Å². The number of thiazole rings is 1. The summed E-state index contributed by atoms with van der Waals surface area (Å²) >= 11 is 1.47. The summed E-state index contributed by atoms with van der Waals surface area (Å²) in [5.41, 5.74) is 5.97. The number of aromatic nitrogens is 1. The van der Waals surface area contributed by atoms with Gasteiger partial charge in [-0.1, -0.05) is 13.8 Å². The first-order chi connectivity index (χ1) is 11.0. The minimum absolute atomic E-state index is 0. The molecule has 24 heavy (non-hydrogen) atoms. The van der Waals surface area contributed by atoms with Gasteiger partial charge in [0.2, 0.25) is 5.91 Å². The number of amides is 2. The van der Waals surface area contributed by atoms with Crippen molar-refractivity contribution in [2.75, 3.05) is 19.6 Å². The lowest BCUT2D eigenvalue weighted by Gasteiger charge is -2.32. The quantitative estimate of drug-likeness (QED) is 0.795. The second-order valence-corrected chi connectivity index (χ2v) is 7.33. The molecule has 8 heteroatoms. The van der Waals surface area contributed by atoms with E-state index >= 15 is 0 Å². The molecule has 0 unspecified atom stereocenters. The monoisotopic (exact) mass is 374 g/mol. The standard InChI is InChI=1S/C16H26N4O2S.ClH/c1-11(2)9-15(21)20-7-4-12(5-8-20)18-16(22)13-10-23-14(19-13)3-6-17;/h10-12H,3-9,17H2,1-2H3,(H,18,22);1H. The molecule has 1 aliphatic rings. The van der Waals surface area contributed by atoms with Crippen molar-refractivity contribution in [3.05, 3.63) is 16.1 Å². The zero-order valence-corrected chi connectivity index (χ0v) is 15.9. The first-order valence-corrected chi connectivity index (χ1v) is 9.10. The smallest absolute Gasteiger partial charge is 0.270 e. The lowest BCUT2D eigenvalue weighted by atomic mass is 10.0. The van der Waals surface area contributed by atoms with Crippen LogP contribution in [-0.2, 0) is 11.2 Å². The van der Waals surface area contributed by atoms with E-state index in [1.54, 1.807) is 5.38 Å². The molecule has 0 spiro atoms. The number of nitrogens with two attached hydrogens (primary N) is 1. The number of piperidine rings is 1. The van der Waals surface area contributed by atoms with Gasteiger partial charge in [0.05, 0.1) is 5.01 Å². The summed E-state index contributed by atoms with van der Waals surface area (Å²) in [6, 6.07) is 0.116. The highest BCUT2D eigenvalue weighted by molar-refractivity contribution is 7.09. The van der Waals surface area contributed by atoms with E-state index in [2.05, 4.69) is 24.1 Å². The van der Waals surface area contributed by atoms with Crippen molar-refractivity contribution in [3.8, 4) is 0 Å². The fourth-order valence-electron chi connectivity index (χ4n) is 2.66. The maximum Gasteiger partial charge on any atom is 0.270 e. The SMILES string of the molecule is CC(C)CC(=O)N1CCC(NC(=O)c2csc(CCN)n2)CC1.Cl. The lowest BCUT2D eigenvalue weighted by Crippen LogP contribution is -2.46. The van der Waals surface area contributed by atoms with E-state index in [1.165, 1.54) is 11.3 Å². The van der Waals surface area contributed by atoms with Gasteiger partial charge in [-0.15, -0.1) is 23.7 Å². The van der Waals surface area contributed by atoms with Crippen LogP contribution in [0.4, 0.5) is 0 Å². The molecule has 0 aromatic carbocycles. The van der Waals surface area contributed by atoms with Gasteiger partial charge < -0.3 is 16.0 Å². The molecule has 0 bridgehead atoms. The summed E-state index contributed by atoms with van der Waals surface area (Å²) in [4.78, 5) is 30.5. The molecule has 6 nitrogen and oxygen atoms in total. The first-order valence-electron chi connectivity index (χ1n) is 8.22. The highest BCUT2D eigenvalue weighted by atomic mass is 35.5. The van der Waals surface area contributed by atoms with Crippen LogP contribution in [0.15, 0.2) is 5.38 Å². The Balaban J connectivity index is 0.00000288. The largest absolute Gasteiger partial charge is 0.348 e. The van der Waals surface area contributed by atoms with E-state index in [9.17, 15) is 9.59 Å². The number of rotatable bonds is 6. The third-order valence-corrected chi connectivity index (χ3v) is 4.82. The Labute approximate surface area is 153 Å². The molecular weight excluding hydrogens is 348 g/mol. The van der Waals surface area contributed by atoms with Crippen LogP contribution in [0.5, 0.6) is 0 Å². The molecule has 1 aromatic heterocycles. The number of carbonyl (C=O) groups is 2. The molecule has 2 amide bonds. The van der Waals surface area contributed by atoms with Gasteiger partial charge in [0.1, 0.15) is 5.69 Å². The molecule has 3 N–H and O–H groups in total. The second-order valence-electron chi connectivity index (χ2n) is 6.39. The average Bonchev–Trinajstić information content (AvgIpc) is 2.96. The van der Waals surface area contributed by atoms with Crippen molar-refractivity contribution in [2.45, 2.75) is 45.6 Å². The zero-order valence-electron chi connectivity index (χ0n) is 14.3. The molecular formula is C16H27ClN4O2S. The van der Waals surface area contributed by atoms with Gasteiger partial charge in [0.15, 0.2) is 0 Å². The molecule has 136 valence electrons. The van der Waals surface area contributed by atoms with Crippen LogP contribution >= 0.6 is 23.7 Å². The Morgan fingerprint density at radius 1 is 1.42 bits per heavy atom. The first kappa shape index (κ1) is 20.9. The topological polar surface area (TPSA) is 88.3 Å². The Morgan fingerprint density at radius 2 is 2.08 bits per heavy atom. The summed E-state index contributed by atoms with van der Waals surface area (Å²) in [6.45, 7) is 6.07. The van der Waals surface area contributed by atoms with Gasteiger partial charge in [-0.2, -0.15) is 0 Å². The van der Waals surface area contributed by atoms with Crippen molar-refractivity contribution in [1.82, 2.24) is 15.2 Å². The third-order valence-electron chi connectivity index (χ3n) is 3.91. The van der Waals surface area contributed by atoms with Gasteiger partial charge in [-0.3, -0.25) is 9.59 Å². The predicted molar refractivity (Wildman–Crippen MR) is 98.6 cm³/mol. The van der Waals surface area contributed by atoms with Gasteiger partial charge in [-0.25, -0.2) is 4.98 Å². The molecule has 0 radical (unpaired) electrons. The molecule has 2 heterocycles. The molecule has 1 aliphatic heterocycles. The molecule has 0 saturated carbocycles. The van der Waals surface area contributed by atoms with Crippen LogP contribution in [-0.4, -0.2) is 47.4 Å². The molecule has 0 atom stereocenters. The summed E-state index contributed by atoms with van der Waals surface area (Å²) in [5, 5.41) is 5.70. The van der Waals surface area contributed by atoms with Crippen LogP contribution in [0.3, 0.4) is 0 Å². The second kappa shape index (κ2) is 9.96. The Hall–Kier alpha value is -1.18. The van der Waals surface area contributed by atoms with E-state index in [0.717, 1.165) is 17.8 Å². The molecule has 0 aliphatic carbocycles. The minimum Gasteiger partial charge on any atom is -0.348 e. The maximum atomic E-state index is 12.2. The van der Waals surface area contributed by atoms with Crippen LogP contribution < -0.4 is 11.1 Å². The van der Waals surface area contributed by atoms with Gasteiger partial charge in [0, 0.05) is 37.4 Å². The number of halogens is 1. The number of hydrogen-bond donors (Lipinski definition) is 2. The van der Waals surface area contributed by atoms with Crippen LogP contribution in [0, 0.1) is 5.92 Å². The summed E-state index contributed by atoms with van der Waals surface area (Å²) in [7, 11) is 0. The van der Waals surface area contributed by atoms with E-state index in [-0.39, 0.29) is 30.3 Å². The molecule has 1 fully saturated rings. The van der Waals surface area contributed by atoms with Crippen LogP contribution in [0.2, 0.25) is 0 Å². The van der Waals surface area contributed by atoms with Crippen molar-refractivity contribution < 1.29 is 9.59 Å². The van der Waals surface area contributed by atoms with Gasteiger partial charge >= 0.3 is 0 Å². The van der Waals surface area contributed by atoms with Crippen molar-refractivity contribution in [2.24, 2.45) is 11.7 Å². The minimum atomic E-state index is -0.128. The van der Waals surface area contributed by atoms with E-state index in [1.807, 2.05) is 4.90 Å². The summed E-state index contributed by atoms with van der Waals surface area (Å²) < 4.78 is 0. The number of likely N-dealkylation sites (tertiary alicyclic amines) is 1. The number of carbonyl (C=O) groups excluding carboxylic acids is 2. The maximum absolute atomic E-state index is 12.2. The fourth-order valence-corrected chi connectivity index (χ4v) is 3.46. The Bertz CT molecular complexity index is 542. The van der Waals surface area contributed by atoms with Crippen LogP contribution in [0.1, 0.15) is 48.6 Å². The van der Waals surface area contributed by atoms with Crippen molar-refractivity contribution in [3.63, 3.8) is 0 Å². The molecule has 2 rings (SSSR count). The number of nitrogens with zero attached hydrogens (tertiary/aromatic N) is 2. The predicted octanol–water partition coefficient (Wildman–Crippen LogP) is 1.83. The molecule has 1 saturated heterocycles. The summed E-state index contributed by atoms with van der Waals surface area (Å²) in [6.07, 6.45) is 2.90. The van der Waals surface area contributed by atoms with Crippen LogP contribution in [0.25, 0.3) is 0 Å². The van der Waals surface area contributed by atoms with E-state index in [0.29, 0.717) is 44.1 Å².